The molecule has 0 bridgehead atoms. The molecule has 1 aromatic carbocycles. The van der Waals surface area contributed by atoms with Crippen LogP contribution in [0.5, 0.6) is 5.88 Å². The molecule has 2 rings (SSSR count). The highest BCUT2D eigenvalue weighted by molar-refractivity contribution is 7.89. The summed E-state index contributed by atoms with van der Waals surface area (Å²) in [5.74, 6) is -1.10. The van der Waals surface area contributed by atoms with Crippen LogP contribution in [0, 0.1) is 0 Å². The molecular formula is C12H11ClN2O4S. The number of nitrogens with zero attached hydrogens (tertiary/aromatic N) is 1. The fourth-order valence-electron chi connectivity index (χ4n) is 1.73. The van der Waals surface area contributed by atoms with E-state index in [1.54, 1.807) is 18.2 Å². The number of aromatic amines is 1. The van der Waals surface area contributed by atoms with Crippen molar-refractivity contribution in [3.63, 3.8) is 0 Å². The summed E-state index contributed by atoms with van der Waals surface area (Å²) in [4.78, 5) is 18.0. The number of sulfone groups is 1. The van der Waals surface area contributed by atoms with Crippen LogP contribution in [0.1, 0.15) is 5.82 Å². The SMILES string of the molecule is CS(=O)(=O)Cc1nc(O)c(-c2cccc(Cl)c2)c(=O)[nH]1. The van der Waals surface area contributed by atoms with Gasteiger partial charge in [0.25, 0.3) is 5.56 Å². The molecular weight excluding hydrogens is 304 g/mol. The Bertz CT molecular complexity index is 814. The Morgan fingerprint density at radius 1 is 1.40 bits per heavy atom. The standard InChI is InChI=1S/C12H11ClN2O4S/c1-20(18,19)6-9-14-11(16)10(12(17)15-9)7-3-2-4-8(13)5-7/h2-5H,6H2,1H3,(H2,14,15,16,17). The van der Waals surface area contributed by atoms with E-state index in [1.807, 2.05) is 0 Å². The molecule has 2 N–H and O–H groups in total. The molecule has 106 valence electrons. The first-order valence-electron chi connectivity index (χ1n) is 5.52. The van der Waals surface area contributed by atoms with Crippen molar-refractivity contribution in [2.75, 3.05) is 6.26 Å². The summed E-state index contributed by atoms with van der Waals surface area (Å²) < 4.78 is 22.3. The summed E-state index contributed by atoms with van der Waals surface area (Å²) in [6.45, 7) is 0. The maximum absolute atomic E-state index is 12.0. The summed E-state index contributed by atoms with van der Waals surface area (Å²) in [7, 11) is -3.36. The smallest absolute Gasteiger partial charge is 0.262 e. The Kier molecular flexibility index (Phi) is 3.82. The third-order valence-electron chi connectivity index (χ3n) is 2.46. The zero-order valence-corrected chi connectivity index (χ0v) is 12.0. The molecule has 0 radical (unpaired) electrons. The number of benzene rings is 1. The van der Waals surface area contributed by atoms with Gasteiger partial charge in [-0.3, -0.25) is 4.79 Å². The van der Waals surface area contributed by atoms with Crippen LogP contribution in [0.4, 0.5) is 0 Å². The third-order valence-corrected chi connectivity index (χ3v) is 3.49. The van der Waals surface area contributed by atoms with Gasteiger partial charge in [-0.2, -0.15) is 4.98 Å². The average molecular weight is 315 g/mol. The Labute approximate surface area is 120 Å². The zero-order chi connectivity index (χ0) is 14.9. The first kappa shape index (κ1) is 14.5. The third kappa shape index (κ3) is 3.37. The molecule has 20 heavy (non-hydrogen) atoms. The van der Waals surface area contributed by atoms with E-state index in [4.69, 9.17) is 11.6 Å². The zero-order valence-electron chi connectivity index (χ0n) is 10.4. The van der Waals surface area contributed by atoms with Crippen LogP contribution in [0.3, 0.4) is 0 Å². The van der Waals surface area contributed by atoms with Gasteiger partial charge in [-0.05, 0) is 17.7 Å². The monoisotopic (exact) mass is 314 g/mol. The van der Waals surface area contributed by atoms with E-state index >= 15 is 0 Å². The van der Waals surface area contributed by atoms with Crippen molar-refractivity contribution < 1.29 is 13.5 Å². The summed E-state index contributed by atoms with van der Waals surface area (Å²) in [5, 5.41) is 10.2. The van der Waals surface area contributed by atoms with Crippen LogP contribution in [0.15, 0.2) is 29.1 Å². The van der Waals surface area contributed by atoms with Gasteiger partial charge in [0.2, 0.25) is 5.88 Å². The molecule has 0 saturated carbocycles. The second kappa shape index (κ2) is 5.26. The molecule has 0 spiro atoms. The van der Waals surface area contributed by atoms with E-state index in [0.29, 0.717) is 10.6 Å². The van der Waals surface area contributed by atoms with Crippen LogP contribution in [0.2, 0.25) is 5.02 Å². The van der Waals surface area contributed by atoms with Crippen LogP contribution < -0.4 is 5.56 Å². The van der Waals surface area contributed by atoms with Crippen molar-refractivity contribution in [3.8, 4) is 17.0 Å². The Hall–Kier alpha value is -1.86. The maximum atomic E-state index is 12.0. The molecule has 1 aromatic heterocycles. The summed E-state index contributed by atoms with van der Waals surface area (Å²) in [5.41, 5.74) is -0.280. The molecule has 0 aliphatic heterocycles. The first-order valence-corrected chi connectivity index (χ1v) is 7.96. The lowest BCUT2D eigenvalue weighted by Gasteiger charge is -2.06. The lowest BCUT2D eigenvalue weighted by Crippen LogP contribution is -2.16. The van der Waals surface area contributed by atoms with Gasteiger partial charge in [-0.1, -0.05) is 23.7 Å². The minimum atomic E-state index is -3.36. The summed E-state index contributed by atoms with van der Waals surface area (Å²) in [6, 6.07) is 6.35. The van der Waals surface area contributed by atoms with E-state index in [0.717, 1.165) is 6.26 Å². The van der Waals surface area contributed by atoms with Gasteiger partial charge >= 0.3 is 0 Å². The van der Waals surface area contributed by atoms with Crippen LogP contribution in [-0.2, 0) is 15.6 Å². The average Bonchev–Trinajstić information content (AvgIpc) is 2.25. The minimum absolute atomic E-state index is 0.0512. The predicted molar refractivity (Wildman–Crippen MR) is 75.5 cm³/mol. The molecule has 6 nitrogen and oxygen atoms in total. The van der Waals surface area contributed by atoms with Gasteiger partial charge in [-0.25, -0.2) is 8.42 Å². The number of halogens is 1. The largest absolute Gasteiger partial charge is 0.493 e. The van der Waals surface area contributed by atoms with Gasteiger partial charge in [-0.15, -0.1) is 0 Å². The highest BCUT2D eigenvalue weighted by Crippen LogP contribution is 2.25. The predicted octanol–water partition coefficient (Wildman–Crippen LogP) is 1.34. The second-order valence-electron chi connectivity index (χ2n) is 4.29. The molecule has 8 heteroatoms. The first-order chi connectivity index (χ1) is 9.26. The van der Waals surface area contributed by atoms with Crippen molar-refractivity contribution in [2.24, 2.45) is 0 Å². The highest BCUT2D eigenvalue weighted by atomic mass is 35.5. The lowest BCUT2D eigenvalue weighted by molar-refractivity contribution is 0.451. The van der Waals surface area contributed by atoms with E-state index < -0.39 is 27.0 Å². The van der Waals surface area contributed by atoms with Crippen LogP contribution in [0.25, 0.3) is 11.1 Å². The van der Waals surface area contributed by atoms with Crippen LogP contribution in [-0.4, -0.2) is 29.7 Å². The highest BCUT2D eigenvalue weighted by Gasteiger charge is 2.15. The van der Waals surface area contributed by atoms with Gasteiger partial charge in [0.05, 0.1) is 0 Å². The molecule has 0 aliphatic rings. The van der Waals surface area contributed by atoms with Crippen molar-refractivity contribution >= 4 is 21.4 Å². The van der Waals surface area contributed by atoms with Gasteiger partial charge in [0, 0.05) is 11.3 Å². The molecule has 0 fully saturated rings. The maximum Gasteiger partial charge on any atom is 0.262 e. The van der Waals surface area contributed by atoms with Gasteiger partial charge < -0.3 is 10.1 Å². The Morgan fingerprint density at radius 2 is 2.10 bits per heavy atom. The lowest BCUT2D eigenvalue weighted by atomic mass is 10.1. The molecule has 0 unspecified atom stereocenters. The van der Waals surface area contributed by atoms with Crippen LogP contribution >= 0.6 is 11.6 Å². The molecule has 0 atom stereocenters. The van der Waals surface area contributed by atoms with Crippen molar-refractivity contribution in [2.45, 2.75) is 5.75 Å². The molecule has 0 amide bonds. The van der Waals surface area contributed by atoms with Gasteiger partial charge in [0.15, 0.2) is 9.84 Å². The Morgan fingerprint density at radius 3 is 2.65 bits per heavy atom. The normalized spacial score (nSPS) is 11.5. The molecule has 2 aromatic rings. The van der Waals surface area contributed by atoms with E-state index in [-0.39, 0.29) is 11.4 Å². The summed E-state index contributed by atoms with van der Waals surface area (Å²) >= 11 is 5.82. The van der Waals surface area contributed by atoms with E-state index in [2.05, 4.69) is 9.97 Å². The molecule has 0 saturated heterocycles. The number of aromatic hydroxyl groups is 1. The van der Waals surface area contributed by atoms with Gasteiger partial charge in [0.1, 0.15) is 17.1 Å². The van der Waals surface area contributed by atoms with Crippen molar-refractivity contribution in [3.05, 3.63) is 45.5 Å². The van der Waals surface area contributed by atoms with Crippen molar-refractivity contribution in [1.82, 2.24) is 9.97 Å². The topological polar surface area (TPSA) is 100 Å². The molecule has 1 heterocycles. The van der Waals surface area contributed by atoms with E-state index in [1.165, 1.54) is 6.07 Å². The number of rotatable bonds is 3. The summed E-state index contributed by atoms with van der Waals surface area (Å²) in [6.07, 6.45) is 1.01. The minimum Gasteiger partial charge on any atom is -0.493 e. The number of hydrogen-bond acceptors (Lipinski definition) is 5. The number of nitrogens with one attached hydrogen (secondary N) is 1. The molecule has 0 aliphatic carbocycles. The number of H-pyrrole nitrogens is 1. The quantitative estimate of drug-likeness (QED) is 0.890. The van der Waals surface area contributed by atoms with Crippen molar-refractivity contribution in [1.29, 1.82) is 0 Å². The number of aromatic nitrogens is 2. The fourth-order valence-corrected chi connectivity index (χ4v) is 2.55. The number of hydrogen-bond donors (Lipinski definition) is 2. The van der Waals surface area contributed by atoms with E-state index in [9.17, 15) is 18.3 Å². The second-order valence-corrected chi connectivity index (χ2v) is 6.87. The fraction of sp³-hybridized carbons (Fsp3) is 0.167. The Balaban J connectivity index is 2.55.